The van der Waals surface area contributed by atoms with Gasteiger partial charge in [0.2, 0.25) is 0 Å². The number of likely N-dealkylation sites (N-methyl/N-ethyl adjacent to an activating group) is 1. The van der Waals surface area contributed by atoms with Crippen LogP contribution in [0, 0.1) is 0 Å². The molecule has 6 heteroatoms. The molecule has 1 aliphatic rings. The number of fused-ring (bicyclic) bond motifs is 1. The first-order valence-electron chi connectivity index (χ1n) is 9.52. The number of hydrogen-bond acceptors (Lipinski definition) is 4. The molecule has 2 unspecified atom stereocenters. The number of aromatic nitrogens is 4. The number of ether oxygens (including phenoxy) is 1. The van der Waals surface area contributed by atoms with E-state index in [9.17, 15) is 0 Å². The van der Waals surface area contributed by atoms with Crippen molar-refractivity contribution in [3.63, 3.8) is 0 Å². The Morgan fingerprint density at radius 2 is 1.86 bits per heavy atom. The molecule has 142 valence electrons. The minimum absolute atomic E-state index is 0.336. The van der Waals surface area contributed by atoms with Gasteiger partial charge < -0.3 is 14.6 Å². The van der Waals surface area contributed by atoms with E-state index in [2.05, 4.69) is 57.5 Å². The fourth-order valence-electron chi connectivity index (χ4n) is 4.26. The Kier molecular flexibility index (Phi) is 4.13. The molecule has 2 N–H and O–H groups in total. The predicted octanol–water partition coefficient (Wildman–Crippen LogP) is 3.77. The second kappa shape index (κ2) is 6.80. The van der Waals surface area contributed by atoms with E-state index in [0.29, 0.717) is 11.8 Å². The number of imidazole rings is 1. The maximum Gasteiger partial charge on any atom is 0.118 e. The lowest BCUT2D eigenvalue weighted by molar-refractivity contribution is 0.406. The van der Waals surface area contributed by atoms with Crippen molar-refractivity contribution in [2.75, 3.05) is 27.2 Å². The third-order valence-corrected chi connectivity index (χ3v) is 5.73. The zero-order valence-corrected chi connectivity index (χ0v) is 16.0. The SMILES string of the molecule is COc1ccc(C2CN(C)CC2c2nc3ccc(-c4cn[nH]c4)cc3[nH]2)cc1. The molecule has 0 bridgehead atoms. The molecule has 5 rings (SSSR count). The Morgan fingerprint density at radius 1 is 1.04 bits per heavy atom. The van der Waals surface area contributed by atoms with Crippen molar-refractivity contribution in [1.82, 2.24) is 25.1 Å². The molecule has 1 saturated heterocycles. The van der Waals surface area contributed by atoms with Crippen LogP contribution in [0.15, 0.2) is 54.9 Å². The third-order valence-electron chi connectivity index (χ3n) is 5.73. The molecule has 2 aromatic heterocycles. The van der Waals surface area contributed by atoms with E-state index in [1.165, 1.54) is 5.56 Å². The second-order valence-electron chi connectivity index (χ2n) is 7.55. The van der Waals surface area contributed by atoms with Gasteiger partial charge in [-0.2, -0.15) is 5.10 Å². The van der Waals surface area contributed by atoms with Gasteiger partial charge in [0.25, 0.3) is 0 Å². The highest BCUT2D eigenvalue weighted by Crippen LogP contribution is 2.39. The summed E-state index contributed by atoms with van der Waals surface area (Å²) < 4.78 is 5.31. The summed E-state index contributed by atoms with van der Waals surface area (Å²) in [6, 6.07) is 14.8. The smallest absolute Gasteiger partial charge is 0.118 e. The monoisotopic (exact) mass is 373 g/mol. The summed E-state index contributed by atoms with van der Waals surface area (Å²) in [6.45, 7) is 2.01. The van der Waals surface area contributed by atoms with Crippen molar-refractivity contribution < 1.29 is 4.74 Å². The quantitative estimate of drug-likeness (QED) is 0.571. The molecule has 4 aromatic rings. The molecule has 3 heterocycles. The van der Waals surface area contributed by atoms with Crippen molar-refractivity contribution in [2.45, 2.75) is 11.8 Å². The molecule has 0 aliphatic carbocycles. The van der Waals surface area contributed by atoms with E-state index in [1.807, 2.05) is 24.5 Å². The van der Waals surface area contributed by atoms with Crippen LogP contribution < -0.4 is 4.74 Å². The highest BCUT2D eigenvalue weighted by Gasteiger charge is 2.35. The van der Waals surface area contributed by atoms with Gasteiger partial charge in [0, 0.05) is 36.7 Å². The van der Waals surface area contributed by atoms with Gasteiger partial charge in [-0.3, -0.25) is 5.10 Å². The van der Waals surface area contributed by atoms with Crippen LogP contribution in [-0.2, 0) is 0 Å². The van der Waals surface area contributed by atoms with E-state index in [-0.39, 0.29) is 0 Å². The van der Waals surface area contributed by atoms with Gasteiger partial charge in [-0.15, -0.1) is 0 Å². The Labute approximate surface area is 163 Å². The number of benzene rings is 2. The number of aromatic amines is 2. The van der Waals surface area contributed by atoms with Crippen molar-refractivity contribution in [3.8, 4) is 16.9 Å². The molecule has 28 heavy (non-hydrogen) atoms. The van der Waals surface area contributed by atoms with Crippen LogP contribution in [0.25, 0.3) is 22.2 Å². The van der Waals surface area contributed by atoms with Crippen LogP contribution in [0.5, 0.6) is 5.75 Å². The Bertz CT molecular complexity index is 1080. The van der Waals surface area contributed by atoms with Crippen molar-refractivity contribution >= 4 is 11.0 Å². The van der Waals surface area contributed by atoms with Gasteiger partial charge in [-0.05, 0) is 42.4 Å². The lowest BCUT2D eigenvalue weighted by atomic mass is 9.88. The number of nitrogens with zero attached hydrogens (tertiary/aromatic N) is 3. The van der Waals surface area contributed by atoms with E-state index >= 15 is 0 Å². The van der Waals surface area contributed by atoms with Gasteiger partial charge in [-0.1, -0.05) is 18.2 Å². The van der Waals surface area contributed by atoms with Gasteiger partial charge in [0.15, 0.2) is 0 Å². The second-order valence-corrected chi connectivity index (χ2v) is 7.55. The van der Waals surface area contributed by atoms with Crippen molar-refractivity contribution in [2.24, 2.45) is 0 Å². The zero-order valence-electron chi connectivity index (χ0n) is 16.0. The highest BCUT2D eigenvalue weighted by molar-refractivity contribution is 5.81. The molecule has 1 aliphatic heterocycles. The summed E-state index contributed by atoms with van der Waals surface area (Å²) in [6.07, 6.45) is 3.74. The first kappa shape index (κ1) is 17.0. The van der Waals surface area contributed by atoms with Crippen LogP contribution in [-0.4, -0.2) is 52.3 Å². The van der Waals surface area contributed by atoms with Gasteiger partial charge in [0.1, 0.15) is 11.6 Å². The number of rotatable bonds is 4. The van der Waals surface area contributed by atoms with Crippen LogP contribution in [0.2, 0.25) is 0 Å². The maximum absolute atomic E-state index is 5.31. The number of hydrogen-bond donors (Lipinski definition) is 2. The summed E-state index contributed by atoms with van der Waals surface area (Å²) in [4.78, 5) is 10.9. The Balaban J connectivity index is 1.50. The van der Waals surface area contributed by atoms with E-state index in [1.54, 1.807) is 7.11 Å². The number of nitrogens with one attached hydrogen (secondary N) is 2. The third kappa shape index (κ3) is 2.96. The molecule has 1 fully saturated rings. The lowest BCUT2D eigenvalue weighted by Crippen LogP contribution is -2.13. The molecule has 2 atom stereocenters. The minimum Gasteiger partial charge on any atom is -0.497 e. The Hall–Kier alpha value is -3.12. The summed E-state index contributed by atoms with van der Waals surface area (Å²) in [7, 11) is 3.88. The molecule has 0 radical (unpaired) electrons. The standard InChI is InChI=1S/C22H23N5O/c1-27-12-18(14-3-6-17(28-2)7-4-14)19(13-27)22-25-20-8-5-15(9-21(20)26-22)16-10-23-24-11-16/h3-11,18-19H,12-13H2,1-2H3,(H,23,24)(H,25,26). The average Bonchev–Trinajstić information content (AvgIpc) is 3.46. The van der Waals surface area contributed by atoms with Crippen LogP contribution in [0.3, 0.4) is 0 Å². The van der Waals surface area contributed by atoms with Gasteiger partial charge in [0.05, 0.1) is 24.3 Å². The number of methoxy groups -OCH3 is 1. The molecule has 0 amide bonds. The summed E-state index contributed by atoms with van der Waals surface area (Å²) >= 11 is 0. The largest absolute Gasteiger partial charge is 0.497 e. The van der Waals surface area contributed by atoms with Crippen molar-refractivity contribution in [1.29, 1.82) is 0 Å². The van der Waals surface area contributed by atoms with Crippen molar-refractivity contribution in [3.05, 3.63) is 66.2 Å². The molecule has 0 spiro atoms. The van der Waals surface area contributed by atoms with Crippen LogP contribution in [0.1, 0.15) is 23.2 Å². The molecule has 2 aromatic carbocycles. The average molecular weight is 373 g/mol. The molecule has 0 saturated carbocycles. The predicted molar refractivity (Wildman–Crippen MR) is 110 cm³/mol. The van der Waals surface area contributed by atoms with Crippen LogP contribution in [0.4, 0.5) is 0 Å². The highest BCUT2D eigenvalue weighted by atomic mass is 16.5. The topological polar surface area (TPSA) is 69.8 Å². The van der Waals surface area contributed by atoms with E-state index in [0.717, 1.165) is 46.8 Å². The van der Waals surface area contributed by atoms with E-state index < -0.39 is 0 Å². The molecular weight excluding hydrogens is 350 g/mol. The van der Waals surface area contributed by atoms with E-state index in [4.69, 9.17) is 9.72 Å². The van der Waals surface area contributed by atoms with Gasteiger partial charge >= 0.3 is 0 Å². The zero-order chi connectivity index (χ0) is 19.1. The molecular formula is C22H23N5O. The first-order valence-corrected chi connectivity index (χ1v) is 9.52. The Morgan fingerprint density at radius 3 is 2.61 bits per heavy atom. The first-order chi connectivity index (χ1) is 13.7. The fourth-order valence-corrected chi connectivity index (χ4v) is 4.26. The summed E-state index contributed by atoms with van der Waals surface area (Å²) in [5.41, 5.74) is 5.61. The minimum atomic E-state index is 0.336. The maximum atomic E-state index is 5.31. The number of H-pyrrole nitrogens is 2. The summed E-state index contributed by atoms with van der Waals surface area (Å²) in [5, 5.41) is 6.92. The van der Waals surface area contributed by atoms with Gasteiger partial charge in [-0.25, -0.2) is 4.98 Å². The number of likely N-dealkylation sites (tertiary alicyclic amines) is 1. The normalized spacial score (nSPS) is 20.1. The van der Waals surface area contributed by atoms with Crippen LogP contribution >= 0.6 is 0 Å². The lowest BCUT2D eigenvalue weighted by Gasteiger charge is -2.17. The molecule has 6 nitrogen and oxygen atoms in total. The fraction of sp³-hybridized carbons (Fsp3) is 0.273. The summed E-state index contributed by atoms with van der Waals surface area (Å²) in [5.74, 6) is 2.69.